The van der Waals surface area contributed by atoms with E-state index < -0.39 is 0 Å². The van der Waals surface area contributed by atoms with Gasteiger partial charge in [0.15, 0.2) is 5.16 Å². The normalized spacial score (nSPS) is 29.3. The molecule has 7 nitrogen and oxygen atoms in total. The summed E-state index contributed by atoms with van der Waals surface area (Å²) in [5.74, 6) is 3.21. The number of ether oxygens (including phenoxy) is 1. The Bertz CT molecular complexity index is 770. The lowest BCUT2D eigenvalue weighted by molar-refractivity contribution is -0.134. The predicted molar refractivity (Wildman–Crippen MR) is 127 cm³/mol. The van der Waals surface area contributed by atoms with Gasteiger partial charge in [-0.3, -0.25) is 9.36 Å². The lowest BCUT2D eigenvalue weighted by Gasteiger charge is -2.44. The number of hydrogen-bond donors (Lipinski definition) is 0. The van der Waals surface area contributed by atoms with E-state index in [4.69, 9.17) is 4.74 Å². The van der Waals surface area contributed by atoms with E-state index in [1.165, 1.54) is 44.9 Å². The fourth-order valence-electron chi connectivity index (χ4n) is 6.13. The van der Waals surface area contributed by atoms with Crippen molar-refractivity contribution in [2.24, 2.45) is 11.8 Å². The van der Waals surface area contributed by atoms with Crippen LogP contribution in [0.4, 0.5) is 5.95 Å². The SMILES string of the molecule is CC1CCN(c2nnc(SCC(=O)N3CCCC4CCCCC43)n2CC2CCCO2)CC1. The topological polar surface area (TPSA) is 63.5 Å². The fourth-order valence-corrected chi connectivity index (χ4v) is 6.95. The molecule has 4 heterocycles. The van der Waals surface area contributed by atoms with Gasteiger partial charge < -0.3 is 14.5 Å². The van der Waals surface area contributed by atoms with Gasteiger partial charge in [-0.2, -0.15) is 0 Å². The minimum Gasteiger partial charge on any atom is -0.376 e. The molecule has 1 aliphatic carbocycles. The van der Waals surface area contributed by atoms with Crippen molar-refractivity contribution in [3.05, 3.63) is 0 Å². The third kappa shape index (κ3) is 4.96. The van der Waals surface area contributed by atoms with Crippen molar-refractivity contribution in [3.63, 3.8) is 0 Å². The minimum absolute atomic E-state index is 0.230. The van der Waals surface area contributed by atoms with Gasteiger partial charge in [0.25, 0.3) is 0 Å². The summed E-state index contributed by atoms with van der Waals surface area (Å²) in [6, 6.07) is 0.473. The highest BCUT2D eigenvalue weighted by atomic mass is 32.2. The number of amides is 1. The Morgan fingerprint density at radius 3 is 2.62 bits per heavy atom. The van der Waals surface area contributed by atoms with E-state index in [-0.39, 0.29) is 12.0 Å². The molecule has 1 saturated carbocycles. The first-order valence-electron chi connectivity index (χ1n) is 12.9. The van der Waals surface area contributed by atoms with Crippen molar-refractivity contribution in [2.45, 2.75) is 95.0 Å². The van der Waals surface area contributed by atoms with Gasteiger partial charge in [-0.15, -0.1) is 10.2 Å². The second-order valence-corrected chi connectivity index (χ2v) is 11.3. The number of piperidine rings is 2. The maximum absolute atomic E-state index is 13.2. The van der Waals surface area contributed by atoms with Crippen LogP contribution >= 0.6 is 11.8 Å². The van der Waals surface area contributed by atoms with E-state index in [0.29, 0.717) is 11.8 Å². The van der Waals surface area contributed by atoms with Gasteiger partial charge in [0.2, 0.25) is 11.9 Å². The van der Waals surface area contributed by atoms with Gasteiger partial charge in [-0.1, -0.05) is 31.5 Å². The maximum Gasteiger partial charge on any atom is 0.233 e. The molecule has 1 amide bonds. The third-order valence-electron chi connectivity index (χ3n) is 8.06. The molecule has 0 N–H and O–H groups in total. The van der Waals surface area contributed by atoms with Crippen LogP contribution in [-0.4, -0.2) is 69.7 Å². The number of anilines is 1. The number of thioether (sulfide) groups is 1. The summed E-state index contributed by atoms with van der Waals surface area (Å²) in [6.45, 7) is 6.97. The highest BCUT2D eigenvalue weighted by Crippen LogP contribution is 2.36. The van der Waals surface area contributed by atoms with E-state index in [2.05, 4.69) is 31.5 Å². The minimum atomic E-state index is 0.230. The van der Waals surface area contributed by atoms with Gasteiger partial charge >= 0.3 is 0 Å². The Labute approximate surface area is 196 Å². The molecule has 0 radical (unpaired) electrons. The molecular formula is C24H39N5O2S. The molecule has 1 aromatic heterocycles. The van der Waals surface area contributed by atoms with Crippen molar-refractivity contribution >= 4 is 23.6 Å². The Morgan fingerprint density at radius 1 is 1.00 bits per heavy atom. The molecule has 3 saturated heterocycles. The number of rotatable bonds is 6. The summed E-state index contributed by atoms with van der Waals surface area (Å²) < 4.78 is 8.18. The number of hydrogen-bond acceptors (Lipinski definition) is 6. The molecule has 0 spiro atoms. The summed E-state index contributed by atoms with van der Waals surface area (Å²) in [6.07, 6.45) is 12.4. The Morgan fingerprint density at radius 2 is 1.81 bits per heavy atom. The molecule has 178 valence electrons. The largest absolute Gasteiger partial charge is 0.376 e. The molecule has 8 heteroatoms. The van der Waals surface area contributed by atoms with Crippen LogP contribution in [0.25, 0.3) is 0 Å². The molecule has 1 aromatic rings. The Hall–Kier alpha value is -1.28. The molecular weight excluding hydrogens is 422 g/mol. The second kappa shape index (κ2) is 10.3. The molecule has 4 fully saturated rings. The standard InChI is InChI=1S/C24H39N5O2S/c1-18-10-13-27(14-11-18)23-25-26-24(29(23)16-20-8-5-15-31-20)32-17-22(30)28-12-4-7-19-6-2-3-9-21(19)28/h18-21H,2-17H2,1H3. The Balaban J connectivity index is 1.27. The zero-order chi connectivity index (χ0) is 21.9. The lowest BCUT2D eigenvalue weighted by atomic mass is 9.78. The quantitative estimate of drug-likeness (QED) is 0.598. The zero-order valence-electron chi connectivity index (χ0n) is 19.6. The molecule has 32 heavy (non-hydrogen) atoms. The Kier molecular flexibility index (Phi) is 7.26. The van der Waals surface area contributed by atoms with Gasteiger partial charge in [0, 0.05) is 32.3 Å². The van der Waals surface area contributed by atoms with Crippen LogP contribution in [0.1, 0.15) is 71.1 Å². The van der Waals surface area contributed by atoms with Crippen molar-refractivity contribution in [2.75, 3.05) is 36.9 Å². The number of carbonyl (C=O) groups excluding carboxylic acids is 1. The number of likely N-dealkylation sites (tertiary alicyclic amines) is 1. The average Bonchev–Trinajstić information content (AvgIpc) is 3.48. The van der Waals surface area contributed by atoms with Crippen LogP contribution in [0, 0.1) is 11.8 Å². The summed E-state index contributed by atoms with van der Waals surface area (Å²) in [5.41, 5.74) is 0. The van der Waals surface area contributed by atoms with Crippen LogP contribution < -0.4 is 4.90 Å². The highest BCUT2D eigenvalue weighted by molar-refractivity contribution is 7.99. The maximum atomic E-state index is 13.2. The van der Waals surface area contributed by atoms with E-state index in [1.807, 2.05) is 0 Å². The van der Waals surface area contributed by atoms with Gasteiger partial charge in [-0.05, 0) is 63.2 Å². The fraction of sp³-hybridized carbons (Fsp3) is 0.875. The molecule has 0 bridgehead atoms. The van der Waals surface area contributed by atoms with E-state index >= 15 is 0 Å². The number of nitrogens with zero attached hydrogens (tertiary/aromatic N) is 5. The van der Waals surface area contributed by atoms with E-state index in [0.717, 1.165) is 75.0 Å². The van der Waals surface area contributed by atoms with Crippen molar-refractivity contribution in [3.8, 4) is 0 Å². The smallest absolute Gasteiger partial charge is 0.233 e. The van der Waals surface area contributed by atoms with Crippen LogP contribution in [0.3, 0.4) is 0 Å². The highest BCUT2D eigenvalue weighted by Gasteiger charge is 2.36. The van der Waals surface area contributed by atoms with Crippen molar-refractivity contribution in [1.29, 1.82) is 0 Å². The monoisotopic (exact) mass is 461 g/mol. The molecule has 5 rings (SSSR count). The summed E-state index contributed by atoms with van der Waals surface area (Å²) in [7, 11) is 0. The van der Waals surface area contributed by atoms with Gasteiger partial charge in [-0.25, -0.2) is 0 Å². The van der Waals surface area contributed by atoms with Gasteiger partial charge in [0.05, 0.1) is 18.4 Å². The third-order valence-corrected chi connectivity index (χ3v) is 9.01. The van der Waals surface area contributed by atoms with Crippen molar-refractivity contribution < 1.29 is 9.53 Å². The van der Waals surface area contributed by atoms with Crippen LogP contribution in [0.15, 0.2) is 5.16 Å². The molecule has 0 aromatic carbocycles. The molecule has 3 unspecified atom stereocenters. The summed E-state index contributed by atoms with van der Waals surface area (Å²) in [5, 5.41) is 10.0. The number of fused-ring (bicyclic) bond motifs is 1. The van der Waals surface area contributed by atoms with Crippen molar-refractivity contribution in [1.82, 2.24) is 19.7 Å². The molecule has 4 aliphatic rings. The average molecular weight is 462 g/mol. The first-order valence-corrected chi connectivity index (χ1v) is 13.9. The van der Waals surface area contributed by atoms with Crippen LogP contribution in [0.5, 0.6) is 0 Å². The van der Waals surface area contributed by atoms with Gasteiger partial charge in [0.1, 0.15) is 0 Å². The van der Waals surface area contributed by atoms with E-state index in [9.17, 15) is 4.79 Å². The number of carbonyl (C=O) groups is 1. The lowest BCUT2D eigenvalue weighted by Crippen LogP contribution is -2.50. The summed E-state index contributed by atoms with van der Waals surface area (Å²) >= 11 is 1.57. The molecule has 3 atom stereocenters. The van der Waals surface area contributed by atoms with E-state index in [1.54, 1.807) is 11.8 Å². The van der Waals surface area contributed by atoms with Crippen LogP contribution in [-0.2, 0) is 16.1 Å². The zero-order valence-corrected chi connectivity index (χ0v) is 20.4. The number of aromatic nitrogens is 3. The first kappa shape index (κ1) is 22.5. The first-order chi connectivity index (χ1) is 15.7. The predicted octanol–water partition coefficient (Wildman–Crippen LogP) is 3.97. The molecule has 3 aliphatic heterocycles. The summed E-state index contributed by atoms with van der Waals surface area (Å²) in [4.78, 5) is 17.8. The second-order valence-electron chi connectivity index (χ2n) is 10.3. The van der Waals surface area contributed by atoms with Crippen LogP contribution in [0.2, 0.25) is 0 Å².